The van der Waals surface area contributed by atoms with Gasteiger partial charge in [-0.05, 0) is 85.6 Å². The average Bonchev–Trinajstić information content (AvgIpc) is 3.28. The number of carbonyl (C=O) groups excluding carboxylic acids is 1. The van der Waals surface area contributed by atoms with Crippen LogP contribution in [0.1, 0.15) is 136 Å². The van der Waals surface area contributed by atoms with Crippen molar-refractivity contribution in [3.63, 3.8) is 0 Å². The third kappa shape index (κ3) is 21.1. The van der Waals surface area contributed by atoms with Crippen LogP contribution in [0, 0.1) is 11.8 Å². The molecule has 4 N–H and O–H groups in total. The van der Waals surface area contributed by atoms with E-state index in [1.807, 2.05) is 32.1 Å². The van der Waals surface area contributed by atoms with E-state index in [0.717, 1.165) is 83.1 Å². The number of carbonyl (C=O) groups is 1. The highest BCUT2D eigenvalue weighted by Gasteiger charge is 2.26. The fourth-order valence-electron chi connectivity index (χ4n) is 7.45. The van der Waals surface area contributed by atoms with Crippen LogP contribution in [0.3, 0.4) is 0 Å². The number of benzene rings is 4. The number of rotatable bonds is 24. The molecule has 6 heteroatoms. The molecule has 0 saturated heterocycles. The van der Waals surface area contributed by atoms with Crippen LogP contribution in [-0.4, -0.2) is 56.1 Å². The van der Waals surface area contributed by atoms with Gasteiger partial charge in [-0.3, -0.25) is 14.6 Å². The lowest BCUT2D eigenvalue weighted by atomic mass is 9.94. The number of allylic oxidation sites excluding steroid dienone is 1. The van der Waals surface area contributed by atoms with Crippen molar-refractivity contribution >= 4 is 5.78 Å². The maximum atomic E-state index is 12.8. The predicted molar refractivity (Wildman–Crippen MR) is 260 cm³/mol. The van der Waals surface area contributed by atoms with Gasteiger partial charge in [0.05, 0.1) is 18.2 Å². The minimum atomic E-state index is -0.310. The standard InChI is InChI=1S/C23H33NO.C23H29NO.C9H21NO/c2*1-4-19(3)16-23(25)22(5-2)24(17-20-12-8-6-9-13-20)18-21-14-10-7-11-15-21;1-4-7(3)6-9(11)8(10)5-2/h6-15,19,22-23,25H,4-5,16-18H2,1-3H3;6-16,22H,4-5,17-18H2,1-3H3;7-9,11H,4-6,10H2,1-3H3/b;19-16+;/t19-,22?,23?;;7-,8-,9-/m0.0/s1. The van der Waals surface area contributed by atoms with Crippen molar-refractivity contribution in [1.82, 2.24) is 9.80 Å². The zero-order valence-electron chi connectivity index (χ0n) is 39.4. The molecule has 6 nitrogen and oxygen atoms in total. The van der Waals surface area contributed by atoms with E-state index in [0.29, 0.717) is 11.8 Å². The van der Waals surface area contributed by atoms with Crippen LogP contribution in [0.5, 0.6) is 0 Å². The first-order valence-corrected chi connectivity index (χ1v) is 23.3. The molecule has 0 radical (unpaired) electrons. The molecule has 0 amide bonds. The van der Waals surface area contributed by atoms with Crippen LogP contribution in [0.15, 0.2) is 133 Å². The number of nitrogens with two attached hydrogens (primary N) is 1. The molecule has 4 aromatic carbocycles. The van der Waals surface area contributed by atoms with Gasteiger partial charge in [-0.25, -0.2) is 0 Å². The number of hydrogen-bond acceptors (Lipinski definition) is 6. The topological polar surface area (TPSA) is 90.0 Å². The van der Waals surface area contributed by atoms with Crippen molar-refractivity contribution in [2.45, 2.75) is 170 Å². The van der Waals surface area contributed by atoms with Crippen LogP contribution in [0.25, 0.3) is 0 Å². The number of hydrogen-bond donors (Lipinski definition) is 3. The lowest BCUT2D eigenvalue weighted by molar-refractivity contribution is -0.120. The molecule has 336 valence electrons. The van der Waals surface area contributed by atoms with E-state index >= 15 is 0 Å². The van der Waals surface area contributed by atoms with Crippen LogP contribution >= 0.6 is 0 Å². The minimum Gasteiger partial charge on any atom is -0.392 e. The zero-order valence-corrected chi connectivity index (χ0v) is 39.4. The fourth-order valence-corrected chi connectivity index (χ4v) is 7.45. The number of aliphatic hydroxyl groups excluding tert-OH is 2. The molecule has 0 aromatic heterocycles. The Morgan fingerprint density at radius 2 is 0.902 bits per heavy atom. The highest BCUT2D eigenvalue weighted by molar-refractivity contribution is 5.94. The van der Waals surface area contributed by atoms with Crippen LogP contribution < -0.4 is 5.73 Å². The van der Waals surface area contributed by atoms with Crippen molar-refractivity contribution in [3.05, 3.63) is 155 Å². The van der Waals surface area contributed by atoms with E-state index in [1.54, 1.807) is 0 Å². The average molecular weight is 834 g/mol. The Kier molecular flexibility index (Phi) is 27.1. The molecule has 0 aliphatic carbocycles. The van der Waals surface area contributed by atoms with Crippen molar-refractivity contribution in [2.75, 3.05) is 0 Å². The van der Waals surface area contributed by atoms with E-state index in [9.17, 15) is 15.0 Å². The number of nitrogens with zero attached hydrogens (tertiary/aromatic N) is 2. The third-order valence-corrected chi connectivity index (χ3v) is 12.0. The van der Waals surface area contributed by atoms with Gasteiger partial charge in [0, 0.05) is 38.3 Å². The maximum Gasteiger partial charge on any atom is 0.172 e. The summed E-state index contributed by atoms with van der Waals surface area (Å²) in [6, 6.07) is 42.0. The molecule has 4 rings (SSSR count). The molecular weight excluding hydrogens is 751 g/mol. The largest absolute Gasteiger partial charge is 0.392 e. The third-order valence-electron chi connectivity index (χ3n) is 12.0. The summed E-state index contributed by atoms with van der Waals surface area (Å²) in [6.45, 7) is 22.4. The Balaban J connectivity index is 0.000000340. The molecule has 0 aliphatic rings. The van der Waals surface area contributed by atoms with Gasteiger partial charge in [-0.1, -0.05) is 195 Å². The van der Waals surface area contributed by atoms with Crippen LogP contribution in [-0.2, 0) is 31.0 Å². The first-order valence-electron chi connectivity index (χ1n) is 23.3. The fraction of sp³-hybridized carbons (Fsp3) is 0.509. The van der Waals surface area contributed by atoms with E-state index in [-0.39, 0.29) is 36.1 Å². The molecule has 4 aromatic rings. The van der Waals surface area contributed by atoms with Gasteiger partial charge in [0.25, 0.3) is 0 Å². The number of ketones is 1. The van der Waals surface area contributed by atoms with Crippen LogP contribution in [0.2, 0.25) is 0 Å². The van der Waals surface area contributed by atoms with E-state index in [1.165, 1.54) is 22.3 Å². The maximum absolute atomic E-state index is 12.8. The van der Waals surface area contributed by atoms with Crippen LogP contribution in [0.4, 0.5) is 0 Å². The van der Waals surface area contributed by atoms with Gasteiger partial charge in [0.1, 0.15) is 0 Å². The van der Waals surface area contributed by atoms with Gasteiger partial charge in [0.2, 0.25) is 0 Å². The summed E-state index contributed by atoms with van der Waals surface area (Å²) < 4.78 is 0. The molecule has 0 saturated carbocycles. The minimum absolute atomic E-state index is 0.0380. The summed E-state index contributed by atoms with van der Waals surface area (Å²) in [6.07, 6.45) is 8.72. The Morgan fingerprint density at radius 1 is 0.541 bits per heavy atom. The van der Waals surface area contributed by atoms with Gasteiger partial charge in [0.15, 0.2) is 5.78 Å². The summed E-state index contributed by atoms with van der Waals surface area (Å²) in [5.74, 6) is 1.36. The molecule has 61 heavy (non-hydrogen) atoms. The molecular formula is C55H83N3O3. The first-order chi connectivity index (χ1) is 29.4. The Hall–Kier alpha value is -3.91. The van der Waals surface area contributed by atoms with Crippen molar-refractivity contribution in [2.24, 2.45) is 17.6 Å². The molecule has 0 spiro atoms. The van der Waals surface area contributed by atoms with Gasteiger partial charge >= 0.3 is 0 Å². The quantitative estimate of drug-likeness (QED) is 0.0609. The van der Waals surface area contributed by atoms with Gasteiger partial charge in [-0.2, -0.15) is 0 Å². The molecule has 7 atom stereocenters. The van der Waals surface area contributed by atoms with E-state index < -0.39 is 0 Å². The molecule has 0 heterocycles. The molecule has 3 unspecified atom stereocenters. The summed E-state index contributed by atoms with van der Waals surface area (Å²) in [5.41, 5.74) is 11.9. The molecule has 0 bridgehead atoms. The lowest BCUT2D eigenvalue weighted by Crippen LogP contribution is -2.43. The number of aliphatic hydroxyl groups is 2. The highest BCUT2D eigenvalue weighted by Crippen LogP contribution is 2.23. The summed E-state index contributed by atoms with van der Waals surface area (Å²) in [7, 11) is 0. The first kappa shape index (κ1) is 53.2. The second-order valence-electron chi connectivity index (χ2n) is 17.1. The van der Waals surface area contributed by atoms with Crippen molar-refractivity contribution in [1.29, 1.82) is 0 Å². The van der Waals surface area contributed by atoms with Gasteiger partial charge in [-0.15, -0.1) is 0 Å². The monoisotopic (exact) mass is 834 g/mol. The highest BCUT2D eigenvalue weighted by atomic mass is 16.3. The van der Waals surface area contributed by atoms with Gasteiger partial charge < -0.3 is 15.9 Å². The Bertz CT molecular complexity index is 1620. The summed E-state index contributed by atoms with van der Waals surface area (Å²) >= 11 is 0. The second-order valence-corrected chi connectivity index (χ2v) is 17.1. The van der Waals surface area contributed by atoms with E-state index in [2.05, 4.69) is 167 Å². The van der Waals surface area contributed by atoms with Crippen molar-refractivity contribution < 1.29 is 15.0 Å². The van der Waals surface area contributed by atoms with E-state index in [4.69, 9.17) is 5.73 Å². The van der Waals surface area contributed by atoms with Crippen molar-refractivity contribution in [3.8, 4) is 0 Å². The molecule has 0 fully saturated rings. The lowest BCUT2D eigenvalue weighted by Gasteiger charge is -2.35. The molecule has 0 aliphatic heterocycles. The Labute approximate surface area is 372 Å². The second kappa shape index (κ2) is 31.0. The normalized spacial score (nSPS) is 15.0. The smallest absolute Gasteiger partial charge is 0.172 e. The Morgan fingerprint density at radius 3 is 1.21 bits per heavy atom. The predicted octanol–water partition coefficient (Wildman–Crippen LogP) is 12.2. The zero-order chi connectivity index (χ0) is 45.0. The summed E-state index contributed by atoms with van der Waals surface area (Å²) in [5, 5.41) is 20.4. The summed E-state index contributed by atoms with van der Waals surface area (Å²) in [4.78, 5) is 17.6. The SMILES string of the molecule is CC/C(C)=C/C(=O)C(CC)N(Cc1ccccc1)Cc1ccccc1.CCC(C(O)C[C@@H](C)CC)N(Cc1ccccc1)Cc1ccccc1.CC[C@H](C)C[C@H](O)[C@@H](N)CC.